The van der Waals surface area contributed by atoms with Crippen LogP contribution in [0.15, 0.2) is 59.0 Å². The molecule has 4 heterocycles. The van der Waals surface area contributed by atoms with Crippen LogP contribution in [0.1, 0.15) is 57.1 Å². The first-order chi connectivity index (χ1) is 16.2. The molecule has 0 N–H and O–H groups in total. The van der Waals surface area contributed by atoms with E-state index in [0.29, 0.717) is 17.0 Å². The van der Waals surface area contributed by atoms with Crippen LogP contribution in [-0.4, -0.2) is 12.7 Å². The number of furan rings is 1. The summed E-state index contributed by atoms with van der Waals surface area (Å²) < 4.78 is 6.78. The normalized spacial score (nSPS) is 28.2. The standard InChI is InChI=1S/C30H30N2O/c1-3-5-8-19-11-12-20-21-13-14-22-26(27(21)33-25(20)17-19)32-24-10-7-6-9-23(24)31-16-15-30(28(31)32)18-29(22,30)4-2/h6-7,9-14,17,28H,3-5,8,15-16,18H2,1-2H3. The molecule has 166 valence electrons. The first-order valence-corrected chi connectivity index (χ1v) is 12.9. The number of aryl methyl sites for hydroxylation is 1. The Kier molecular flexibility index (Phi) is 3.33. The quantitative estimate of drug-likeness (QED) is 0.328. The van der Waals surface area contributed by atoms with Gasteiger partial charge < -0.3 is 14.2 Å². The Hall–Kier alpha value is -2.94. The summed E-state index contributed by atoms with van der Waals surface area (Å²) in [6.45, 7) is 5.83. The fraction of sp³-hybridized carbons (Fsp3) is 0.400. The number of anilines is 3. The van der Waals surface area contributed by atoms with Crippen molar-refractivity contribution in [3.63, 3.8) is 0 Å². The van der Waals surface area contributed by atoms with Crippen LogP contribution in [0, 0.1) is 5.41 Å². The van der Waals surface area contributed by atoms with Crippen molar-refractivity contribution in [3.8, 4) is 0 Å². The lowest BCUT2D eigenvalue weighted by molar-refractivity contribution is 0.361. The van der Waals surface area contributed by atoms with Gasteiger partial charge in [-0.25, -0.2) is 0 Å². The molecule has 0 bridgehead atoms. The molecule has 3 aliphatic heterocycles. The largest absolute Gasteiger partial charge is 0.454 e. The summed E-state index contributed by atoms with van der Waals surface area (Å²) in [5.41, 5.74) is 9.81. The molecule has 8 rings (SSSR count). The minimum absolute atomic E-state index is 0.291. The Morgan fingerprint density at radius 1 is 1.00 bits per heavy atom. The molecule has 3 unspecified atom stereocenters. The highest BCUT2D eigenvalue weighted by molar-refractivity contribution is 6.12. The van der Waals surface area contributed by atoms with E-state index >= 15 is 0 Å². The second-order valence-corrected chi connectivity index (χ2v) is 10.8. The van der Waals surface area contributed by atoms with Crippen LogP contribution in [0.4, 0.5) is 17.1 Å². The van der Waals surface area contributed by atoms with Crippen LogP contribution in [0.3, 0.4) is 0 Å². The van der Waals surface area contributed by atoms with Gasteiger partial charge in [0.25, 0.3) is 0 Å². The number of rotatable bonds is 4. The topological polar surface area (TPSA) is 19.6 Å². The second-order valence-electron chi connectivity index (χ2n) is 10.8. The molecule has 33 heavy (non-hydrogen) atoms. The van der Waals surface area contributed by atoms with Crippen molar-refractivity contribution in [1.29, 1.82) is 0 Å². The van der Waals surface area contributed by atoms with E-state index in [9.17, 15) is 0 Å². The summed E-state index contributed by atoms with van der Waals surface area (Å²) in [4.78, 5) is 5.36. The van der Waals surface area contributed by atoms with Crippen LogP contribution < -0.4 is 9.80 Å². The van der Waals surface area contributed by atoms with Crippen molar-refractivity contribution < 1.29 is 4.42 Å². The Morgan fingerprint density at radius 3 is 2.70 bits per heavy atom. The average Bonchev–Trinajstić information content (AvgIpc) is 3.08. The van der Waals surface area contributed by atoms with E-state index < -0.39 is 0 Å². The monoisotopic (exact) mass is 434 g/mol. The molecule has 1 spiro atoms. The summed E-state index contributed by atoms with van der Waals surface area (Å²) in [7, 11) is 0. The van der Waals surface area contributed by atoms with Crippen LogP contribution in [0.5, 0.6) is 0 Å². The van der Waals surface area contributed by atoms with Gasteiger partial charge in [0.05, 0.1) is 17.1 Å². The maximum absolute atomic E-state index is 6.78. The van der Waals surface area contributed by atoms with E-state index in [1.54, 1.807) is 0 Å². The summed E-state index contributed by atoms with van der Waals surface area (Å²) in [5, 5.41) is 2.51. The third-order valence-corrected chi connectivity index (χ3v) is 9.59. The molecule has 4 aliphatic rings. The van der Waals surface area contributed by atoms with Crippen molar-refractivity contribution in [2.45, 2.75) is 64.0 Å². The van der Waals surface area contributed by atoms with E-state index in [2.05, 4.69) is 78.2 Å². The van der Waals surface area contributed by atoms with Gasteiger partial charge in [-0.2, -0.15) is 0 Å². The van der Waals surface area contributed by atoms with Gasteiger partial charge in [0.2, 0.25) is 0 Å². The molecule has 2 fully saturated rings. The van der Waals surface area contributed by atoms with Crippen LogP contribution in [-0.2, 0) is 11.8 Å². The number of nitrogens with zero attached hydrogens (tertiary/aromatic N) is 2. The zero-order chi connectivity index (χ0) is 21.9. The van der Waals surface area contributed by atoms with Gasteiger partial charge in [0, 0.05) is 28.1 Å². The zero-order valence-electron chi connectivity index (χ0n) is 19.5. The predicted octanol–water partition coefficient (Wildman–Crippen LogP) is 7.67. The smallest absolute Gasteiger partial charge is 0.159 e. The number of unbranched alkanes of at least 4 members (excludes halogenated alkanes) is 1. The Labute approximate surface area is 195 Å². The number of hydrogen-bond donors (Lipinski definition) is 0. The van der Waals surface area contributed by atoms with E-state index in [4.69, 9.17) is 4.42 Å². The van der Waals surface area contributed by atoms with E-state index in [1.807, 2.05) is 0 Å². The highest BCUT2D eigenvalue weighted by atomic mass is 16.3. The highest BCUT2D eigenvalue weighted by Gasteiger charge is 2.78. The molecule has 0 radical (unpaired) electrons. The molecule has 1 saturated carbocycles. The van der Waals surface area contributed by atoms with Crippen molar-refractivity contribution in [2.75, 3.05) is 16.3 Å². The zero-order valence-corrected chi connectivity index (χ0v) is 19.5. The summed E-state index contributed by atoms with van der Waals surface area (Å²) in [6.07, 6.45) is 7.82. The SMILES string of the molecule is CCCCc1ccc2c(c1)oc1c3c(ccc12)C1(CC)CC12CCN1c4ccccc4N3C12. The summed E-state index contributed by atoms with van der Waals surface area (Å²) in [5.74, 6) is 0. The van der Waals surface area contributed by atoms with Crippen LogP contribution >= 0.6 is 0 Å². The van der Waals surface area contributed by atoms with E-state index in [-0.39, 0.29) is 0 Å². The molecule has 4 aromatic rings. The number of benzene rings is 3. The van der Waals surface area contributed by atoms with Crippen LogP contribution in [0.25, 0.3) is 21.9 Å². The molecule has 3 nitrogen and oxygen atoms in total. The molecule has 3 atom stereocenters. The molecule has 1 aliphatic carbocycles. The predicted molar refractivity (Wildman–Crippen MR) is 136 cm³/mol. The van der Waals surface area contributed by atoms with Gasteiger partial charge in [-0.15, -0.1) is 0 Å². The highest BCUT2D eigenvalue weighted by Crippen LogP contribution is 2.80. The third-order valence-electron chi connectivity index (χ3n) is 9.59. The van der Waals surface area contributed by atoms with Gasteiger partial charge in [-0.1, -0.05) is 56.7 Å². The second kappa shape index (κ2) is 5.94. The molecular weight excluding hydrogens is 404 g/mol. The number of hydrogen-bond acceptors (Lipinski definition) is 3. The van der Waals surface area contributed by atoms with Crippen LogP contribution in [0.2, 0.25) is 0 Å². The molecule has 3 heteroatoms. The Morgan fingerprint density at radius 2 is 1.85 bits per heavy atom. The number of fused-ring (bicyclic) bond motifs is 10. The van der Waals surface area contributed by atoms with Crippen molar-refractivity contribution in [3.05, 3.63) is 65.7 Å². The molecular formula is C30H30N2O. The minimum Gasteiger partial charge on any atom is -0.454 e. The first-order valence-electron chi connectivity index (χ1n) is 12.9. The lowest BCUT2D eigenvalue weighted by Gasteiger charge is -2.42. The van der Waals surface area contributed by atoms with Gasteiger partial charge in [-0.05, 0) is 61.4 Å². The fourth-order valence-corrected chi connectivity index (χ4v) is 8.02. The molecule has 0 amide bonds. The van der Waals surface area contributed by atoms with Gasteiger partial charge in [0.1, 0.15) is 11.7 Å². The molecule has 1 aromatic heterocycles. The maximum atomic E-state index is 6.78. The number of para-hydroxylation sites is 2. The van der Waals surface area contributed by atoms with E-state index in [1.165, 1.54) is 71.1 Å². The lowest BCUT2D eigenvalue weighted by Crippen LogP contribution is -2.47. The lowest BCUT2D eigenvalue weighted by atomic mass is 9.77. The summed E-state index contributed by atoms with van der Waals surface area (Å²) in [6, 6.07) is 20.7. The van der Waals surface area contributed by atoms with Crippen molar-refractivity contribution >= 4 is 39.0 Å². The van der Waals surface area contributed by atoms with Gasteiger partial charge in [-0.3, -0.25) is 0 Å². The molecule has 1 saturated heterocycles. The molecule has 3 aromatic carbocycles. The maximum Gasteiger partial charge on any atom is 0.159 e. The Bertz CT molecular complexity index is 1470. The first kappa shape index (κ1) is 18.5. The van der Waals surface area contributed by atoms with Crippen molar-refractivity contribution in [1.82, 2.24) is 0 Å². The minimum atomic E-state index is 0.291. The average molecular weight is 435 g/mol. The summed E-state index contributed by atoms with van der Waals surface area (Å²) >= 11 is 0. The third kappa shape index (κ3) is 1.97. The van der Waals surface area contributed by atoms with E-state index in [0.717, 1.165) is 24.1 Å². The van der Waals surface area contributed by atoms with Crippen molar-refractivity contribution in [2.24, 2.45) is 5.41 Å². The van der Waals surface area contributed by atoms with Gasteiger partial charge in [0.15, 0.2) is 5.58 Å². The fourth-order valence-electron chi connectivity index (χ4n) is 8.02. The van der Waals surface area contributed by atoms with Gasteiger partial charge >= 0.3 is 0 Å². The Balaban J connectivity index is 1.43.